The molecule has 0 aromatic heterocycles. The fraction of sp³-hybridized carbons (Fsp3) is 0.544. The molecule has 0 radical (unpaired) electrons. The Morgan fingerprint density at radius 2 is 0.818 bits per heavy atom. The lowest BCUT2D eigenvalue weighted by molar-refractivity contribution is -0.302. The zero-order chi connectivity index (χ0) is 55.8. The highest BCUT2D eigenvalue weighted by Crippen LogP contribution is 2.22. The van der Waals surface area contributed by atoms with E-state index in [1.54, 1.807) is 6.08 Å². The highest BCUT2D eigenvalue weighted by Gasteiger charge is 2.44. The minimum Gasteiger partial charge on any atom is -0.394 e. The number of allylic oxidation sites excluding steroid dienone is 29. The van der Waals surface area contributed by atoms with Gasteiger partial charge in [-0.25, -0.2) is 0 Å². The van der Waals surface area contributed by atoms with Crippen LogP contribution < -0.4 is 5.32 Å². The molecule has 0 aliphatic carbocycles. The molecule has 0 spiro atoms. The molecule has 0 aromatic carbocycles. The summed E-state index contributed by atoms with van der Waals surface area (Å²) in [6.07, 6.45) is 82.5. The summed E-state index contributed by atoms with van der Waals surface area (Å²) in [5.74, 6) is -0.243. The topological polar surface area (TPSA) is 149 Å². The predicted octanol–water partition coefficient (Wildman–Crippen LogP) is 15.2. The van der Waals surface area contributed by atoms with Crippen molar-refractivity contribution in [3.63, 3.8) is 0 Å². The van der Waals surface area contributed by atoms with Gasteiger partial charge in [-0.2, -0.15) is 0 Å². The Morgan fingerprint density at radius 1 is 0.455 bits per heavy atom. The predicted molar refractivity (Wildman–Crippen MR) is 326 cm³/mol. The van der Waals surface area contributed by atoms with Gasteiger partial charge in [-0.3, -0.25) is 4.79 Å². The number of carbonyl (C=O) groups excluding carboxylic acids is 1. The monoisotopic (exact) mass is 1060 g/mol. The van der Waals surface area contributed by atoms with E-state index in [1.165, 1.54) is 32.1 Å². The van der Waals surface area contributed by atoms with Gasteiger partial charge in [0.05, 0.1) is 25.4 Å². The average Bonchev–Trinajstić information content (AvgIpc) is 3.43. The van der Waals surface area contributed by atoms with Crippen LogP contribution in [0.3, 0.4) is 0 Å². The molecule has 9 nitrogen and oxygen atoms in total. The van der Waals surface area contributed by atoms with Crippen molar-refractivity contribution in [3.8, 4) is 0 Å². The first-order chi connectivity index (χ1) is 37.8. The van der Waals surface area contributed by atoms with Crippen molar-refractivity contribution in [1.82, 2.24) is 5.32 Å². The van der Waals surface area contributed by atoms with Crippen LogP contribution in [-0.4, -0.2) is 87.5 Å². The van der Waals surface area contributed by atoms with Gasteiger partial charge in [0, 0.05) is 6.42 Å². The minimum absolute atomic E-state index is 0.236. The summed E-state index contributed by atoms with van der Waals surface area (Å²) < 4.78 is 11.2. The van der Waals surface area contributed by atoms with Gasteiger partial charge in [-0.1, -0.05) is 222 Å². The third-order valence-corrected chi connectivity index (χ3v) is 12.4. The number of carbonyl (C=O) groups is 1. The van der Waals surface area contributed by atoms with E-state index in [0.29, 0.717) is 12.8 Å². The summed E-state index contributed by atoms with van der Waals surface area (Å²) in [7, 11) is 0. The normalized spacial score (nSPS) is 20.1. The maximum absolute atomic E-state index is 13.0. The summed E-state index contributed by atoms with van der Waals surface area (Å²) in [5, 5.41) is 54.3. The zero-order valence-corrected chi connectivity index (χ0v) is 47.6. The van der Waals surface area contributed by atoms with Crippen LogP contribution in [-0.2, 0) is 14.3 Å². The van der Waals surface area contributed by atoms with Crippen molar-refractivity contribution in [3.05, 3.63) is 182 Å². The molecule has 0 aromatic rings. The summed E-state index contributed by atoms with van der Waals surface area (Å²) in [6.45, 7) is 3.57. The Morgan fingerprint density at radius 3 is 1.23 bits per heavy atom. The molecule has 77 heavy (non-hydrogen) atoms. The molecule has 7 unspecified atom stereocenters. The second-order valence-electron chi connectivity index (χ2n) is 19.3. The Bertz CT molecular complexity index is 1860. The Kier molecular flexibility index (Phi) is 49.9. The van der Waals surface area contributed by atoms with Gasteiger partial charge in [0.2, 0.25) is 5.91 Å². The summed E-state index contributed by atoms with van der Waals surface area (Å²) in [5.41, 5.74) is 0. The van der Waals surface area contributed by atoms with Crippen LogP contribution in [0.15, 0.2) is 182 Å². The lowest BCUT2D eigenvalue weighted by Crippen LogP contribution is -2.60. The molecule has 1 fully saturated rings. The molecule has 1 aliphatic rings. The number of hydrogen-bond acceptors (Lipinski definition) is 8. The SMILES string of the molecule is CC/C=C\C/C=C\C/C=C\C/C=C\C/C=C\C/C=C\C/C=C\C/C=C\C/C=C\C/C=C\C/C=C\C/C=C\CCCCC(=O)NC(COC1OC(CO)C(O)C(O)C1O)C(O)/C=C/CC/C=C/CC/C=C/CCCCCCC. The van der Waals surface area contributed by atoms with E-state index in [-0.39, 0.29) is 18.9 Å². The molecular weight excluding hydrogens is 959 g/mol. The molecule has 0 bridgehead atoms. The van der Waals surface area contributed by atoms with Gasteiger partial charge in [-0.05, 0) is 135 Å². The van der Waals surface area contributed by atoms with Gasteiger partial charge in [0.15, 0.2) is 6.29 Å². The highest BCUT2D eigenvalue weighted by atomic mass is 16.7. The van der Waals surface area contributed by atoms with Gasteiger partial charge >= 0.3 is 0 Å². The molecular formula is C68H105NO8. The Balaban J connectivity index is 2.26. The van der Waals surface area contributed by atoms with E-state index in [0.717, 1.165) is 116 Å². The molecule has 1 aliphatic heterocycles. The van der Waals surface area contributed by atoms with E-state index in [1.807, 2.05) is 6.08 Å². The fourth-order valence-corrected chi connectivity index (χ4v) is 7.81. The first-order valence-corrected chi connectivity index (χ1v) is 29.5. The van der Waals surface area contributed by atoms with Crippen molar-refractivity contribution in [2.75, 3.05) is 13.2 Å². The first kappa shape index (κ1) is 70.3. The largest absolute Gasteiger partial charge is 0.394 e. The van der Waals surface area contributed by atoms with Gasteiger partial charge in [0.25, 0.3) is 0 Å². The molecule has 0 saturated carbocycles. The summed E-state index contributed by atoms with van der Waals surface area (Å²) in [4.78, 5) is 13.0. The summed E-state index contributed by atoms with van der Waals surface area (Å²) in [6, 6.07) is -0.866. The van der Waals surface area contributed by atoms with Crippen molar-refractivity contribution >= 4 is 5.91 Å². The van der Waals surface area contributed by atoms with Crippen LogP contribution in [0.5, 0.6) is 0 Å². The zero-order valence-electron chi connectivity index (χ0n) is 47.6. The quantitative estimate of drug-likeness (QED) is 0.0261. The van der Waals surface area contributed by atoms with E-state index < -0.39 is 49.5 Å². The number of amides is 1. The number of nitrogens with one attached hydrogen (secondary N) is 1. The smallest absolute Gasteiger partial charge is 0.220 e. The van der Waals surface area contributed by atoms with Crippen molar-refractivity contribution in [2.24, 2.45) is 0 Å². The van der Waals surface area contributed by atoms with Crippen molar-refractivity contribution < 1.29 is 39.8 Å². The fourth-order valence-electron chi connectivity index (χ4n) is 7.81. The number of rotatable bonds is 47. The summed E-state index contributed by atoms with van der Waals surface area (Å²) >= 11 is 0. The maximum atomic E-state index is 13.0. The van der Waals surface area contributed by atoms with Gasteiger partial charge in [0.1, 0.15) is 24.4 Å². The molecule has 1 heterocycles. The molecule has 1 saturated heterocycles. The molecule has 9 heteroatoms. The van der Waals surface area contributed by atoms with Crippen LogP contribution in [0, 0.1) is 0 Å². The minimum atomic E-state index is -1.59. The lowest BCUT2D eigenvalue weighted by Gasteiger charge is -2.40. The third-order valence-electron chi connectivity index (χ3n) is 12.4. The number of aliphatic hydroxyl groups is 5. The van der Waals surface area contributed by atoms with E-state index in [2.05, 4.69) is 189 Å². The average molecular weight is 1060 g/mol. The second-order valence-corrected chi connectivity index (χ2v) is 19.3. The maximum Gasteiger partial charge on any atom is 0.220 e. The van der Waals surface area contributed by atoms with Crippen LogP contribution in [0.2, 0.25) is 0 Å². The second kappa shape index (κ2) is 54.6. The van der Waals surface area contributed by atoms with Crippen molar-refractivity contribution in [2.45, 2.75) is 224 Å². The van der Waals surface area contributed by atoms with Crippen LogP contribution >= 0.6 is 0 Å². The molecule has 430 valence electrons. The number of ether oxygens (including phenoxy) is 2. The van der Waals surface area contributed by atoms with E-state index in [4.69, 9.17) is 9.47 Å². The molecule has 1 rings (SSSR count). The molecule has 1 amide bonds. The van der Waals surface area contributed by atoms with E-state index >= 15 is 0 Å². The molecule has 6 N–H and O–H groups in total. The van der Waals surface area contributed by atoms with Gasteiger partial charge < -0.3 is 40.3 Å². The number of aliphatic hydroxyl groups excluding tert-OH is 5. The van der Waals surface area contributed by atoms with Crippen LogP contribution in [0.4, 0.5) is 0 Å². The van der Waals surface area contributed by atoms with Crippen molar-refractivity contribution in [1.29, 1.82) is 0 Å². The van der Waals surface area contributed by atoms with Crippen LogP contribution in [0.25, 0.3) is 0 Å². The molecule has 7 atom stereocenters. The Labute approximate surface area is 468 Å². The highest BCUT2D eigenvalue weighted by molar-refractivity contribution is 5.76. The van der Waals surface area contributed by atoms with Crippen LogP contribution in [0.1, 0.15) is 181 Å². The number of hydrogen-bond donors (Lipinski definition) is 6. The standard InChI is InChI=1S/C68H105NO8/c1-3-5-7-9-11-13-15-17-19-20-21-22-23-24-25-26-27-28-29-30-31-32-33-34-35-36-37-38-39-40-41-42-44-46-48-50-52-54-56-58-64(72)69-61(60-76-68-67(75)66(74)65(73)63(59-70)77-68)62(71)57-55-53-51-49-47-45-43-18-16-14-12-10-8-6-4-2/h5,7,11,13,16-19,21-22,24-25,27-28,30-31,33-34,36-37,39-40,42,44,47-50,55,57,61-63,65-68,70-71,73-75H,3-4,6,8-10,12,14-15,20,23,26,29,32,35,38,41,43,45-46,51-54,56,58-60H2,1-2H3,(H,69,72)/b7-5-,13-11-,18-16+,19-17-,22-21-,25-24-,28-27-,31-30-,34-33-,37-36-,40-39-,44-42-,49-47+,50-48-,57-55+. The van der Waals surface area contributed by atoms with E-state index in [9.17, 15) is 30.3 Å². The Hall–Kier alpha value is -4.71. The van der Waals surface area contributed by atoms with Gasteiger partial charge in [-0.15, -0.1) is 0 Å². The first-order valence-electron chi connectivity index (χ1n) is 29.5. The third kappa shape index (κ3) is 43.9. The lowest BCUT2D eigenvalue weighted by atomic mass is 9.99. The number of unbranched alkanes of at least 4 members (excludes halogenated alkanes) is 9.